The zero-order valence-corrected chi connectivity index (χ0v) is 13.4. The van der Waals surface area contributed by atoms with Gasteiger partial charge < -0.3 is 10.0 Å². The standard InChI is InChI=1S/C15H18N4O3S/c20-14(21)8-11-3-5-18(6-4-11)15(22)13-10-19(17-16-13)9-12-2-1-7-23-12/h1-2,7,10-11H,3-6,8-9H2,(H,20,21). The van der Waals surface area contributed by atoms with Gasteiger partial charge in [0.25, 0.3) is 5.91 Å². The number of carboxylic acids is 1. The second kappa shape index (κ2) is 6.91. The monoisotopic (exact) mass is 334 g/mol. The predicted molar refractivity (Wildman–Crippen MR) is 84.3 cm³/mol. The van der Waals surface area contributed by atoms with Crippen molar-refractivity contribution in [2.75, 3.05) is 13.1 Å². The van der Waals surface area contributed by atoms with E-state index in [0.717, 1.165) is 17.7 Å². The van der Waals surface area contributed by atoms with E-state index in [0.29, 0.717) is 25.3 Å². The van der Waals surface area contributed by atoms with Gasteiger partial charge >= 0.3 is 5.97 Å². The van der Waals surface area contributed by atoms with Crippen molar-refractivity contribution in [3.8, 4) is 0 Å². The van der Waals surface area contributed by atoms with Crippen molar-refractivity contribution in [3.63, 3.8) is 0 Å². The molecule has 1 amide bonds. The van der Waals surface area contributed by atoms with Crippen LogP contribution in [-0.2, 0) is 11.3 Å². The highest BCUT2D eigenvalue weighted by molar-refractivity contribution is 7.09. The maximum absolute atomic E-state index is 12.4. The molecule has 3 rings (SSSR count). The summed E-state index contributed by atoms with van der Waals surface area (Å²) < 4.78 is 1.66. The van der Waals surface area contributed by atoms with Crippen molar-refractivity contribution in [1.82, 2.24) is 19.9 Å². The highest BCUT2D eigenvalue weighted by Crippen LogP contribution is 2.21. The molecule has 1 fully saturated rings. The van der Waals surface area contributed by atoms with E-state index in [2.05, 4.69) is 10.3 Å². The fraction of sp³-hybridized carbons (Fsp3) is 0.467. The Morgan fingerprint density at radius 3 is 2.78 bits per heavy atom. The summed E-state index contributed by atoms with van der Waals surface area (Å²) in [5, 5.41) is 18.8. The van der Waals surface area contributed by atoms with Crippen molar-refractivity contribution in [3.05, 3.63) is 34.3 Å². The van der Waals surface area contributed by atoms with Crippen LogP contribution in [0, 0.1) is 5.92 Å². The summed E-state index contributed by atoms with van der Waals surface area (Å²) in [6.07, 6.45) is 3.30. The molecule has 1 saturated heterocycles. The Hall–Kier alpha value is -2.22. The minimum Gasteiger partial charge on any atom is -0.481 e. The number of carboxylic acid groups (broad SMARTS) is 1. The predicted octanol–water partition coefficient (Wildman–Crippen LogP) is 1.71. The van der Waals surface area contributed by atoms with E-state index in [9.17, 15) is 9.59 Å². The van der Waals surface area contributed by atoms with Crippen molar-refractivity contribution >= 4 is 23.2 Å². The maximum Gasteiger partial charge on any atom is 0.303 e. The molecule has 0 unspecified atom stereocenters. The summed E-state index contributed by atoms with van der Waals surface area (Å²) >= 11 is 1.64. The average molecular weight is 334 g/mol. The number of carbonyl (C=O) groups excluding carboxylic acids is 1. The molecule has 0 aliphatic carbocycles. The van der Waals surface area contributed by atoms with Gasteiger partial charge in [-0.2, -0.15) is 0 Å². The van der Waals surface area contributed by atoms with Crippen LogP contribution in [0.25, 0.3) is 0 Å². The molecule has 1 aliphatic rings. The lowest BCUT2D eigenvalue weighted by molar-refractivity contribution is -0.138. The van der Waals surface area contributed by atoms with Crippen LogP contribution >= 0.6 is 11.3 Å². The molecule has 0 radical (unpaired) electrons. The number of amides is 1. The lowest BCUT2D eigenvalue weighted by Crippen LogP contribution is -2.39. The fourth-order valence-corrected chi connectivity index (χ4v) is 3.48. The first-order valence-corrected chi connectivity index (χ1v) is 8.43. The van der Waals surface area contributed by atoms with Crippen molar-refractivity contribution in [1.29, 1.82) is 0 Å². The Morgan fingerprint density at radius 1 is 1.35 bits per heavy atom. The van der Waals surface area contributed by atoms with Gasteiger partial charge in [0, 0.05) is 24.4 Å². The number of hydrogen-bond donors (Lipinski definition) is 1. The van der Waals surface area contributed by atoms with Crippen molar-refractivity contribution in [2.45, 2.75) is 25.8 Å². The van der Waals surface area contributed by atoms with Gasteiger partial charge in [0.1, 0.15) is 0 Å². The van der Waals surface area contributed by atoms with E-state index in [1.807, 2.05) is 17.5 Å². The molecule has 0 aromatic carbocycles. The summed E-state index contributed by atoms with van der Waals surface area (Å²) in [4.78, 5) is 26.1. The molecule has 0 atom stereocenters. The first-order chi connectivity index (χ1) is 11.1. The van der Waals surface area contributed by atoms with E-state index in [-0.39, 0.29) is 18.2 Å². The minimum atomic E-state index is -0.772. The van der Waals surface area contributed by atoms with Gasteiger partial charge in [-0.25, -0.2) is 4.68 Å². The quantitative estimate of drug-likeness (QED) is 0.899. The van der Waals surface area contributed by atoms with E-state index >= 15 is 0 Å². The van der Waals surface area contributed by atoms with Crippen molar-refractivity contribution in [2.24, 2.45) is 5.92 Å². The molecular weight excluding hydrogens is 316 g/mol. The molecule has 0 saturated carbocycles. The van der Waals surface area contributed by atoms with Crippen LogP contribution in [0.4, 0.5) is 0 Å². The van der Waals surface area contributed by atoms with Gasteiger partial charge in [-0.05, 0) is 30.2 Å². The molecule has 7 nitrogen and oxygen atoms in total. The largest absolute Gasteiger partial charge is 0.481 e. The number of nitrogens with zero attached hydrogens (tertiary/aromatic N) is 4. The number of aliphatic carboxylic acids is 1. The van der Waals surface area contributed by atoms with Crippen LogP contribution in [0.15, 0.2) is 23.7 Å². The van der Waals surface area contributed by atoms with Crippen LogP contribution < -0.4 is 0 Å². The number of carbonyl (C=O) groups is 2. The Balaban J connectivity index is 1.56. The highest BCUT2D eigenvalue weighted by Gasteiger charge is 2.26. The molecule has 0 bridgehead atoms. The normalized spacial score (nSPS) is 15.7. The Kier molecular flexibility index (Phi) is 4.71. The maximum atomic E-state index is 12.4. The summed E-state index contributed by atoms with van der Waals surface area (Å²) in [7, 11) is 0. The molecule has 1 N–H and O–H groups in total. The van der Waals surface area contributed by atoms with Crippen LogP contribution in [0.2, 0.25) is 0 Å². The summed E-state index contributed by atoms with van der Waals surface area (Å²) in [6.45, 7) is 1.77. The van der Waals surface area contributed by atoms with Gasteiger partial charge in [0.2, 0.25) is 0 Å². The van der Waals surface area contributed by atoms with E-state index in [1.54, 1.807) is 27.1 Å². The lowest BCUT2D eigenvalue weighted by atomic mass is 9.93. The highest BCUT2D eigenvalue weighted by atomic mass is 32.1. The molecule has 23 heavy (non-hydrogen) atoms. The Morgan fingerprint density at radius 2 is 2.13 bits per heavy atom. The molecule has 122 valence electrons. The van der Waals surface area contributed by atoms with Crippen LogP contribution in [0.5, 0.6) is 0 Å². The second-order valence-electron chi connectivity index (χ2n) is 5.71. The molecule has 8 heteroatoms. The van der Waals surface area contributed by atoms with Crippen molar-refractivity contribution < 1.29 is 14.7 Å². The van der Waals surface area contributed by atoms with Crippen LogP contribution in [0.3, 0.4) is 0 Å². The summed E-state index contributed by atoms with van der Waals surface area (Å²) in [6, 6.07) is 3.99. The third-order valence-corrected chi connectivity index (χ3v) is 4.88. The topological polar surface area (TPSA) is 88.3 Å². The number of hydrogen-bond acceptors (Lipinski definition) is 5. The number of thiophene rings is 1. The average Bonchev–Trinajstić information content (AvgIpc) is 3.19. The number of aromatic nitrogens is 3. The Bertz CT molecular complexity index is 675. The first-order valence-electron chi connectivity index (χ1n) is 7.55. The molecule has 0 spiro atoms. The third-order valence-electron chi connectivity index (χ3n) is 4.02. The van der Waals surface area contributed by atoms with Gasteiger partial charge in [-0.3, -0.25) is 9.59 Å². The SMILES string of the molecule is O=C(O)CC1CCN(C(=O)c2cn(Cc3cccs3)nn2)CC1. The minimum absolute atomic E-state index is 0.129. The molecule has 3 heterocycles. The molecule has 2 aromatic heterocycles. The van der Waals surface area contributed by atoms with E-state index in [4.69, 9.17) is 5.11 Å². The molecule has 1 aliphatic heterocycles. The summed E-state index contributed by atoms with van der Waals surface area (Å²) in [5.74, 6) is -0.742. The van der Waals surface area contributed by atoms with Gasteiger partial charge in [-0.1, -0.05) is 11.3 Å². The van der Waals surface area contributed by atoms with Crippen LogP contribution in [0.1, 0.15) is 34.6 Å². The molecule has 2 aromatic rings. The smallest absolute Gasteiger partial charge is 0.303 e. The molecular formula is C15H18N4O3S. The fourth-order valence-electron chi connectivity index (χ4n) is 2.79. The number of rotatable bonds is 5. The second-order valence-corrected chi connectivity index (χ2v) is 6.75. The van der Waals surface area contributed by atoms with Gasteiger partial charge in [-0.15, -0.1) is 16.4 Å². The zero-order chi connectivity index (χ0) is 16.2. The zero-order valence-electron chi connectivity index (χ0n) is 12.6. The number of piperidine rings is 1. The Labute approximate surface area is 137 Å². The van der Waals surface area contributed by atoms with Gasteiger partial charge in [0.15, 0.2) is 5.69 Å². The van der Waals surface area contributed by atoms with E-state index < -0.39 is 5.97 Å². The van der Waals surface area contributed by atoms with Gasteiger partial charge in [0.05, 0.1) is 12.7 Å². The summed E-state index contributed by atoms with van der Waals surface area (Å²) in [5.41, 5.74) is 0.346. The van der Waals surface area contributed by atoms with Crippen LogP contribution in [-0.4, -0.2) is 50.0 Å². The first kappa shape index (κ1) is 15.7. The van der Waals surface area contributed by atoms with E-state index in [1.165, 1.54) is 0 Å². The lowest BCUT2D eigenvalue weighted by Gasteiger charge is -2.30. The number of likely N-dealkylation sites (tertiary alicyclic amines) is 1. The third kappa shape index (κ3) is 3.95.